The largest absolute Gasteiger partial charge is 0.354 e. The SMILES string of the molecule is O=CNCc1cnn(-c2cccnc2)c1. The molecular formula is C10H10N4O. The summed E-state index contributed by atoms with van der Waals surface area (Å²) in [4.78, 5) is 14.1. The van der Waals surface area contributed by atoms with E-state index in [0.717, 1.165) is 11.3 Å². The summed E-state index contributed by atoms with van der Waals surface area (Å²) < 4.78 is 1.72. The number of aromatic nitrogens is 3. The van der Waals surface area contributed by atoms with Gasteiger partial charge in [-0.25, -0.2) is 4.68 Å². The number of rotatable bonds is 4. The van der Waals surface area contributed by atoms with Gasteiger partial charge in [-0.3, -0.25) is 9.78 Å². The van der Waals surface area contributed by atoms with Crippen molar-refractivity contribution in [3.05, 3.63) is 42.5 Å². The summed E-state index contributed by atoms with van der Waals surface area (Å²) in [6, 6.07) is 3.76. The number of carbonyl (C=O) groups excluding carboxylic acids is 1. The lowest BCUT2D eigenvalue weighted by Gasteiger charge is -1.98. The summed E-state index contributed by atoms with van der Waals surface area (Å²) in [5.74, 6) is 0. The van der Waals surface area contributed by atoms with Crippen molar-refractivity contribution in [3.63, 3.8) is 0 Å². The quantitative estimate of drug-likeness (QED) is 0.735. The lowest BCUT2D eigenvalue weighted by atomic mass is 10.3. The molecule has 1 N–H and O–H groups in total. The van der Waals surface area contributed by atoms with Crippen LogP contribution in [0.4, 0.5) is 0 Å². The lowest BCUT2D eigenvalue weighted by Crippen LogP contribution is -2.08. The summed E-state index contributed by atoms with van der Waals surface area (Å²) >= 11 is 0. The number of hydrogen-bond donors (Lipinski definition) is 1. The molecule has 0 saturated heterocycles. The zero-order valence-electron chi connectivity index (χ0n) is 8.00. The summed E-state index contributed by atoms with van der Waals surface area (Å²) in [5, 5.41) is 6.74. The van der Waals surface area contributed by atoms with Crippen LogP contribution in [0, 0.1) is 0 Å². The number of nitrogens with zero attached hydrogens (tertiary/aromatic N) is 3. The van der Waals surface area contributed by atoms with Crippen LogP contribution >= 0.6 is 0 Å². The van der Waals surface area contributed by atoms with E-state index in [2.05, 4.69) is 15.4 Å². The monoisotopic (exact) mass is 202 g/mol. The number of pyridine rings is 1. The molecule has 0 aliphatic rings. The van der Waals surface area contributed by atoms with Gasteiger partial charge in [-0.2, -0.15) is 5.10 Å². The fourth-order valence-electron chi connectivity index (χ4n) is 1.24. The minimum Gasteiger partial charge on any atom is -0.354 e. The van der Waals surface area contributed by atoms with Crippen LogP contribution in [-0.4, -0.2) is 21.2 Å². The molecule has 15 heavy (non-hydrogen) atoms. The second-order valence-corrected chi connectivity index (χ2v) is 3.00. The van der Waals surface area contributed by atoms with Crippen molar-refractivity contribution in [1.29, 1.82) is 0 Å². The zero-order valence-corrected chi connectivity index (χ0v) is 8.00. The standard InChI is InChI=1S/C10H10N4O/c15-8-12-4-9-5-13-14(7-9)10-2-1-3-11-6-10/h1-3,5-8H,4H2,(H,12,15). The topological polar surface area (TPSA) is 59.8 Å². The Morgan fingerprint density at radius 3 is 3.13 bits per heavy atom. The molecular weight excluding hydrogens is 192 g/mol. The van der Waals surface area contributed by atoms with E-state index in [4.69, 9.17) is 0 Å². The van der Waals surface area contributed by atoms with Gasteiger partial charge in [0.2, 0.25) is 6.41 Å². The maximum absolute atomic E-state index is 10.1. The Hall–Kier alpha value is -2.17. The predicted molar refractivity (Wildman–Crippen MR) is 54.3 cm³/mol. The van der Waals surface area contributed by atoms with E-state index < -0.39 is 0 Å². The Labute approximate surface area is 86.8 Å². The van der Waals surface area contributed by atoms with Crippen LogP contribution in [0.1, 0.15) is 5.56 Å². The first kappa shape index (κ1) is 9.39. The number of hydrogen-bond acceptors (Lipinski definition) is 3. The second kappa shape index (κ2) is 4.36. The van der Waals surface area contributed by atoms with E-state index in [1.807, 2.05) is 18.3 Å². The molecule has 0 saturated carbocycles. The fraction of sp³-hybridized carbons (Fsp3) is 0.100. The van der Waals surface area contributed by atoms with Crippen LogP contribution in [0.3, 0.4) is 0 Å². The molecule has 2 aromatic heterocycles. The van der Waals surface area contributed by atoms with E-state index in [1.165, 1.54) is 0 Å². The third kappa shape index (κ3) is 2.19. The lowest BCUT2D eigenvalue weighted by molar-refractivity contribution is -0.109. The van der Waals surface area contributed by atoms with Crippen LogP contribution in [0.5, 0.6) is 0 Å². The molecule has 0 unspecified atom stereocenters. The molecule has 0 aliphatic carbocycles. The Kier molecular flexibility index (Phi) is 2.73. The minimum atomic E-state index is 0.490. The first-order valence-corrected chi connectivity index (χ1v) is 4.51. The maximum atomic E-state index is 10.1. The molecule has 0 radical (unpaired) electrons. The average molecular weight is 202 g/mol. The van der Waals surface area contributed by atoms with Crippen molar-refractivity contribution in [1.82, 2.24) is 20.1 Å². The van der Waals surface area contributed by atoms with Gasteiger partial charge in [0.15, 0.2) is 0 Å². The molecule has 76 valence electrons. The number of amides is 1. The summed E-state index contributed by atoms with van der Waals surface area (Å²) in [6.07, 6.45) is 7.67. The molecule has 5 nitrogen and oxygen atoms in total. The Balaban J connectivity index is 2.17. The molecule has 0 fully saturated rings. The van der Waals surface area contributed by atoms with Crippen molar-refractivity contribution >= 4 is 6.41 Å². The maximum Gasteiger partial charge on any atom is 0.207 e. The van der Waals surface area contributed by atoms with E-state index in [9.17, 15) is 4.79 Å². The molecule has 0 atom stereocenters. The smallest absolute Gasteiger partial charge is 0.207 e. The van der Waals surface area contributed by atoms with Gasteiger partial charge >= 0.3 is 0 Å². The Morgan fingerprint density at radius 1 is 1.47 bits per heavy atom. The van der Waals surface area contributed by atoms with E-state index >= 15 is 0 Å². The second-order valence-electron chi connectivity index (χ2n) is 3.00. The molecule has 0 bridgehead atoms. The number of nitrogens with one attached hydrogen (secondary N) is 1. The van der Waals surface area contributed by atoms with E-state index in [1.54, 1.807) is 23.3 Å². The van der Waals surface area contributed by atoms with Crippen LogP contribution in [0.2, 0.25) is 0 Å². The highest BCUT2D eigenvalue weighted by molar-refractivity contribution is 5.46. The average Bonchev–Trinajstić information content (AvgIpc) is 2.76. The summed E-state index contributed by atoms with van der Waals surface area (Å²) in [5.41, 5.74) is 1.85. The van der Waals surface area contributed by atoms with Gasteiger partial charge < -0.3 is 5.32 Å². The molecule has 0 aliphatic heterocycles. The van der Waals surface area contributed by atoms with Crippen molar-refractivity contribution in [2.75, 3.05) is 0 Å². The van der Waals surface area contributed by atoms with Gasteiger partial charge in [0, 0.05) is 24.5 Å². The number of carbonyl (C=O) groups is 1. The van der Waals surface area contributed by atoms with Crippen LogP contribution in [-0.2, 0) is 11.3 Å². The molecule has 2 heterocycles. The molecule has 0 spiro atoms. The van der Waals surface area contributed by atoms with Crippen LogP contribution < -0.4 is 5.32 Å². The van der Waals surface area contributed by atoms with E-state index in [0.29, 0.717) is 13.0 Å². The summed E-state index contributed by atoms with van der Waals surface area (Å²) in [7, 11) is 0. The Morgan fingerprint density at radius 2 is 2.40 bits per heavy atom. The van der Waals surface area contributed by atoms with Gasteiger partial charge in [0.05, 0.1) is 18.1 Å². The molecule has 1 amide bonds. The van der Waals surface area contributed by atoms with Crippen LogP contribution in [0.15, 0.2) is 36.9 Å². The molecule has 5 heteroatoms. The molecule has 0 aromatic carbocycles. The third-order valence-electron chi connectivity index (χ3n) is 1.94. The summed E-state index contributed by atoms with van der Waals surface area (Å²) in [6.45, 7) is 0.490. The molecule has 2 aromatic rings. The van der Waals surface area contributed by atoms with Crippen LogP contribution in [0.25, 0.3) is 5.69 Å². The first-order valence-electron chi connectivity index (χ1n) is 4.51. The molecule has 2 rings (SSSR count). The van der Waals surface area contributed by atoms with E-state index in [-0.39, 0.29) is 0 Å². The highest BCUT2D eigenvalue weighted by Crippen LogP contribution is 2.05. The van der Waals surface area contributed by atoms with Gasteiger partial charge in [-0.15, -0.1) is 0 Å². The van der Waals surface area contributed by atoms with Gasteiger partial charge in [0.25, 0.3) is 0 Å². The fourth-order valence-corrected chi connectivity index (χ4v) is 1.24. The van der Waals surface area contributed by atoms with Gasteiger partial charge in [-0.05, 0) is 12.1 Å². The third-order valence-corrected chi connectivity index (χ3v) is 1.94. The zero-order chi connectivity index (χ0) is 10.5. The van der Waals surface area contributed by atoms with Crippen molar-refractivity contribution in [2.24, 2.45) is 0 Å². The normalized spacial score (nSPS) is 9.87. The van der Waals surface area contributed by atoms with Gasteiger partial charge in [-0.1, -0.05) is 0 Å². The highest BCUT2D eigenvalue weighted by Gasteiger charge is 1.99. The Bertz CT molecular complexity index is 438. The van der Waals surface area contributed by atoms with Crippen molar-refractivity contribution < 1.29 is 4.79 Å². The highest BCUT2D eigenvalue weighted by atomic mass is 16.1. The minimum absolute atomic E-state index is 0.490. The van der Waals surface area contributed by atoms with Crippen molar-refractivity contribution in [2.45, 2.75) is 6.54 Å². The predicted octanol–water partition coefficient (Wildman–Crippen LogP) is 0.513. The van der Waals surface area contributed by atoms with Gasteiger partial charge in [0.1, 0.15) is 0 Å². The van der Waals surface area contributed by atoms with Crippen molar-refractivity contribution in [3.8, 4) is 5.69 Å². The first-order chi connectivity index (χ1) is 7.40.